The topological polar surface area (TPSA) is 84.1 Å². The molecule has 1 fully saturated rings. The van der Waals surface area contributed by atoms with Crippen LogP contribution in [0.25, 0.3) is 11.2 Å². The normalized spacial score (nSPS) is 19.2. The van der Waals surface area contributed by atoms with Crippen LogP contribution in [0.2, 0.25) is 0 Å². The molecule has 100 valence electrons. The van der Waals surface area contributed by atoms with E-state index in [4.69, 9.17) is 0 Å². The molecule has 19 heavy (non-hydrogen) atoms. The quantitative estimate of drug-likeness (QED) is 0.883. The summed E-state index contributed by atoms with van der Waals surface area (Å²) in [7, 11) is 0. The number of rotatable bonds is 3. The number of carbonyl (C=O) groups is 1. The molecule has 3 rings (SSSR count). The van der Waals surface area contributed by atoms with Gasteiger partial charge in [0, 0.05) is 13.1 Å². The highest BCUT2D eigenvalue weighted by atomic mass is 16.4. The number of hydrogen-bond donors (Lipinski definition) is 1. The van der Waals surface area contributed by atoms with E-state index in [1.807, 2.05) is 16.4 Å². The average Bonchev–Trinajstić information content (AvgIpc) is 3.04. The fourth-order valence-corrected chi connectivity index (χ4v) is 2.59. The minimum atomic E-state index is -0.806. The molecule has 7 heteroatoms. The Labute approximate surface area is 109 Å². The Kier molecular flexibility index (Phi) is 2.81. The smallest absolute Gasteiger partial charge is 0.326 e. The summed E-state index contributed by atoms with van der Waals surface area (Å²) < 4.78 is 1.92. The van der Waals surface area contributed by atoms with Gasteiger partial charge in [-0.15, -0.1) is 0 Å². The van der Waals surface area contributed by atoms with Gasteiger partial charge in [0.25, 0.3) is 0 Å². The van der Waals surface area contributed by atoms with E-state index < -0.39 is 12.0 Å². The number of aromatic nitrogens is 4. The Morgan fingerprint density at radius 1 is 1.47 bits per heavy atom. The molecular formula is C12H15N5O2. The highest BCUT2D eigenvalue weighted by molar-refractivity contribution is 5.87. The maximum atomic E-state index is 11.3. The number of aryl methyl sites for hydroxylation is 1. The fraction of sp³-hybridized carbons (Fsp3) is 0.500. The van der Waals surface area contributed by atoms with Gasteiger partial charge in [0.15, 0.2) is 17.0 Å². The predicted octanol–water partition coefficient (Wildman–Crippen LogP) is 0.900. The molecule has 0 radical (unpaired) electrons. The Morgan fingerprint density at radius 3 is 3.05 bits per heavy atom. The van der Waals surface area contributed by atoms with Gasteiger partial charge in [-0.25, -0.2) is 19.7 Å². The first kappa shape index (κ1) is 11.9. The van der Waals surface area contributed by atoms with Crippen molar-refractivity contribution in [2.45, 2.75) is 32.4 Å². The fourth-order valence-electron chi connectivity index (χ4n) is 2.59. The van der Waals surface area contributed by atoms with E-state index in [9.17, 15) is 9.90 Å². The largest absolute Gasteiger partial charge is 0.480 e. The molecule has 0 unspecified atom stereocenters. The van der Waals surface area contributed by atoms with Crippen LogP contribution in [0, 0.1) is 0 Å². The van der Waals surface area contributed by atoms with Crippen LogP contribution in [0.5, 0.6) is 0 Å². The van der Waals surface area contributed by atoms with Gasteiger partial charge in [-0.05, 0) is 19.8 Å². The molecule has 2 aromatic rings. The van der Waals surface area contributed by atoms with E-state index in [1.54, 1.807) is 6.33 Å². The van der Waals surface area contributed by atoms with Crippen LogP contribution in [-0.2, 0) is 11.3 Å². The first-order chi connectivity index (χ1) is 9.22. The van der Waals surface area contributed by atoms with Crippen LogP contribution in [-0.4, -0.2) is 43.2 Å². The Hall–Kier alpha value is -2.18. The monoisotopic (exact) mass is 261 g/mol. The van der Waals surface area contributed by atoms with Crippen LogP contribution in [0.3, 0.4) is 0 Å². The standard InChI is InChI=1S/C12H15N5O2/c1-2-16-7-15-9-10(16)13-6-14-11(9)17-5-3-4-8(17)12(18)19/h6-8H,2-5H2,1H3,(H,18,19)/t8-/m1/s1. The lowest BCUT2D eigenvalue weighted by Gasteiger charge is -2.22. The molecule has 1 aliphatic heterocycles. The first-order valence-electron chi connectivity index (χ1n) is 6.37. The Morgan fingerprint density at radius 2 is 2.32 bits per heavy atom. The third-order valence-corrected chi connectivity index (χ3v) is 3.53. The SMILES string of the molecule is CCn1cnc2c(N3CCC[C@@H]3C(=O)O)ncnc21. The molecule has 3 heterocycles. The Bertz CT molecular complexity index is 624. The van der Waals surface area contributed by atoms with Crippen molar-refractivity contribution in [3.05, 3.63) is 12.7 Å². The van der Waals surface area contributed by atoms with Gasteiger partial charge in [-0.3, -0.25) is 0 Å². The van der Waals surface area contributed by atoms with Gasteiger partial charge in [-0.2, -0.15) is 0 Å². The zero-order valence-corrected chi connectivity index (χ0v) is 10.7. The lowest BCUT2D eigenvalue weighted by atomic mass is 10.2. The molecule has 0 amide bonds. The zero-order valence-electron chi connectivity index (χ0n) is 10.7. The van der Waals surface area contributed by atoms with E-state index in [0.29, 0.717) is 24.3 Å². The van der Waals surface area contributed by atoms with Gasteiger partial charge in [0.2, 0.25) is 0 Å². The number of carboxylic acids is 1. The Balaban J connectivity index is 2.10. The molecule has 1 saturated heterocycles. The van der Waals surface area contributed by atoms with Gasteiger partial charge >= 0.3 is 5.97 Å². The third-order valence-electron chi connectivity index (χ3n) is 3.53. The molecule has 0 bridgehead atoms. The first-order valence-corrected chi connectivity index (χ1v) is 6.37. The second-order valence-electron chi connectivity index (χ2n) is 4.59. The van der Waals surface area contributed by atoms with Gasteiger partial charge in [0.05, 0.1) is 6.33 Å². The molecule has 1 aliphatic rings. The van der Waals surface area contributed by atoms with Crippen molar-refractivity contribution in [3.63, 3.8) is 0 Å². The predicted molar refractivity (Wildman–Crippen MR) is 69.0 cm³/mol. The van der Waals surface area contributed by atoms with E-state index >= 15 is 0 Å². The van der Waals surface area contributed by atoms with Crippen LogP contribution in [0.15, 0.2) is 12.7 Å². The summed E-state index contributed by atoms with van der Waals surface area (Å²) >= 11 is 0. The third kappa shape index (κ3) is 1.81. The van der Waals surface area contributed by atoms with Gasteiger partial charge in [0.1, 0.15) is 12.4 Å². The molecule has 7 nitrogen and oxygen atoms in total. The summed E-state index contributed by atoms with van der Waals surface area (Å²) in [6.45, 7) is 3.48. The second kappa shape index (κ2) is 4.49. The highest BCUT2D eigenvalue weighted by Gasteiger charge is 2.33. The van der Waals surface area contributed by atoms with Crippen molar-refractivity contribution in [3.8, 4) is 0 Å². The molecule has 0 spiro atoms. The summed E-state index contributed by atoms with van der Waals surface area (Å²) in [5.74, 6) is -0.179. The van der Waals surface area contributed by atoms with Crippen molar-refractivity contribution in [2.75, 3.05) is 11.4 Å². The van der Waals surface area contributed by atoms with E-state index in [2.05, 4.69) is 15.0 Å². The van der Waals surface area contributed by atoms with Crippen LogP contribution in [0.1, 0.15) is 19.8 Å². The lowest BCUT2D eigenvalue weighted by molar-refractivity contribution is -0.138. The molecule has 0 aromatic carbocycles. The summed E-state index contributed by atoms with van der Waals surface area (Å²) in [5, 5.41) is 9.26. The zero-order chi connectivity index (χ0) is 13.4. The number of imidazole rings is 1. The number of carboxylic acid groups (broad SMARTS) is 1. The molecule has 0 aliphatic carbocycles. The van der Waals surface area contributed by atoms with Crippen molar-refractivity contribution in [1.29, 1.82) is 0 Å². The van der Waals surface area contributed by atoms with E-state index in [1.165, 1.54) is 6.33 Å². The summed E-state index contributed by atoms with van der Waals surface area (Å²) in [4.78, 5) is 25.9. The molecule has 2 aromatic heterocycles. The molecule has 0 saturated carbocycles. The number of aliphatic carboxylic acids is 1. The average molecular weight is 261 g/mol. The number of nitrogens with zero attached hydrogens (tertiary/aromatic N) is 5. The summed E-state index contributed by atoms with van der Waals surface area (Å²) in [6.07, 6.45) is 4.70. The minimum Gasteiger partial charge on any atom is -0.480 e. The van der Waals surface area contributed by atoms with Gasteiger partial charge in [-0.1, -0.05) is 0 Å². The van der Waals surface area contributed by atoms with E-state index in [-0.39, 0.29) is 0 Å². The van der Waals surface area contributed by atoms with Crippen molar-refractivity contribution < 1.29 is 9.90 Å². The molecule has 1 atom stereocenters. The van der Waals surface area contributed by atoms with Crippen LogP contribution in [0.4, 0.5) is 5.82 Å². The number of hydrogen-bond acceptors (Lipinski definition) is 5. The number of fused-ring (bicyclic) bond motifs is 1. The summed E-state index contributed by atoms with van der Waals surface area (Å²) in [5.41, 5.74) is 1.43. The molecular weight excluding hydrogens is 246 g/mol. The lowest BCUT2D eigenvalue weighted by Crippen LogP contribution is -2.36. The highest BCUT2D eigenvalue weighted by Crippen LogP contribution is 2.28. The van der Waals surface area contributed by atoms with Crippen molar-refractivity contribution in [1.82, 2.24) is 19.5 Å². The second-order valence-corrected chi connectivity index (χ2v) is 4.59. The van der Waals surface area contributed by atoms with Crippen LogP contribution < -0.4 is 4.90 Å². The maximum absolute atomic E-state index is 11.3. The van der Waals surface area contributed by atoms with Crippen molar-refractivity contribution >= 4 is 23.0 Å². The van der Waals surface area contributed by atoms with E-state index in [0.717, 1.165) is 18.6 Å². The van der Waals surface area contributed by atoms with Crippen molar-refractivity contribution in [2.24, 2.45) is 0 Å². The minimum absolute atomic E-state index is 0.509. The summed E-state index contributed by atoms with van der Waals surface area (Å²) in [6, 6.07) is -0.509. The maximum Gasteiger partial charge on any atom is 0.326 e. The number of anilines is 1. The van der Waals surface area contributed by atoms with Gasteiger partial charge < -0.3 is 14.6 Å². The van der Waals surface area contributed by atoms with Crippen LogP contribution >= 0.6 is 0 Å². The molecule has 1 N–H and O–H groups in total.